The van der Waals surface area contributed by atoms with E-state index in [0.717, 1.165) is 18.9 Å². The Morgan fingerprint density at radius 2 is 2.27 bits per heavy atom. The molecule has 7 nitrogen and oxygen atoms in total. The van der Waals surface area contributed by atoms with Crippen molar-refractivity contribution in [1.82, 2.24) is 24.5 Å². The number of nitrogens with zero attached hydrogens (tertiary/aromatic N) is 5. The van der Waals surface area contributed by atoms with Crippen molar-refractivity contribution < 1.29 is 9.32 Å². The second-order valence-corrected chi connectivity index (χ2v) is 5.61. The number of amides is 1. The van der Waals surface area contributed by atoms with Gasteiger partial charge in [0, 0.05) is 45.1 Å². The summed E-state index contributed by atoms with van der Waals surface area (Å²) >= 11 is 0. The number of rotatable bonds is 3. The maximum Gasteiger partial charge on any atom is 0.276 e. The number of hydrogen-bond acceptors (Lipinski definition) is 5. The van der Waals surface area contributed by atoms with E-state index in [1.165, 1.54) is 0 Å². The molecule has 22 heavy (non-hydrogen) atoms. The van der Waals surface area contributed by atoms with Gasteiger partial charge in [0.15, 0.2) is 5.69 Å². The molecule has 0 saturated carbocycles. The highest BCUT2D eigenvalue weighted by Crippen LogP contribution is 2.24. The van der Waals surface area contributed by atoms with Crippen LogP contribution in [-0.2, 0) is 7.05 Å². The Balaban J connectivity index is 1.81. The van der Waals surface area contributed by atoms with E-state index in [2.05, 4.69) is 22.0 Å². The van der Waals surface area contributed by atoms with Crippen LogP contribution >= 0.6 is 0 Å². The molecular weight excluding hydrogens is 282 g/mol. The molecule has 2 aromatic rings. The van der Waals surface area contributed by atoms with Gasteiger partial charge >= 0.3 is 0 Å². The fourth-order valence-corrected chi connectivity index (χ4v) is 2.96. The van der Waals surface area contributed by atoms with E-state index in [4.69, 9.17) is 4.52 Å². The molecule has 3 heterocycles. The summed E-state index contributed by atoms with van der Waals surface area (Å²) in [6, 6.07) is 1.79. The lowest BCUT2D eigenvalue weighted by Crippen LogP contribution is -2.51. The molecule has 0 aromatic carbocycles. The Morgan fingerprint density at radius 1 is 1.45 bits per heavy atom. The van der Waals surface area contributed by atoms with Gasteiger partial charge in [-0.1, -0.05) is 12.1 Å². The normalized spacial score (nSPS) is 19.6. The minimum atomic E-state index is -0.0770. The van der Waals surface area contributed by atoms with Crippen LogP contribution in [0.2, 0.25) is 0 Å². The summed E-state index contributed by atoms with van der Waals surface area (Å²) in [6.45, 7) is 6.99. The summed E-state index contributed by atoms with van der Waals surface area (Å²) < 4.78 is 7.03. The van der Waals surface area contributed by atoms with Crippen LogP contribution in [0.1, 0.15) is 35.0 Å². The van der Waals surface area contributed by atoms with E-state index in [1.54, 1.807) is 19.2 Å². The third-order valence-electron chi connectivity index (χ3n) is 4.19. The Hall–Kier alpha value is -2.15. The summed E-state index contributed by atoms with van der Waals surface area (Å²) in [7, 11) is 1.98. The largest absolute Gasteiger partial charge is 0.361 e. The SMILES string of the molecule is CCN1CCN(C(=O)c2cc(C)on2)CC1c1nccn1C. The first-order chi connectivity index (χ1) is 10.6. The molecule has 1 saturated heterocycles. The number of hydrogen-bond donors (Lipinski definition) is 0. The van der Waals surface area contributed by atoms with E-state index in [0.29, 0.717) is 24.5 Å². The molecule has 0 aliphatic carbocycles. The number of aryl methyl sites for hydroxylation is 2. The maximum atomic E-state index is 12.6. The van der Waals surface area contributed by atoms with Gasteiger partial charge in [0.1, 0.15) is 11.6 Å². The summed E-state index contributed by atoms with van der Waals surface area (Å²) in [6.07, 6.45) is 3.73. The Morgan fingerprint density at radius 3 is 2.86 bits per heavy atom. The fourth-order valence-electron chi connectivity index (χ4n) is 2.96. The highest BCUT2D eigenvalue weighted by atomic mass is 16.5. The van der Waals surface area contributed by atoms with Crippen LogP contribution in [0, 0.1) is 6.92 Å². The van der Waals surface area contributed by atoms with Crippen molar-refractivity contribution in [3.05, 3.63) is 35.7 Å². The summed E-state index contributed by atoms with van der Waals surface area (Å²) in [5.74, 6) is 1.55. The minimum Gasteiger partial charge on any atom is -0.361 e. The van der Waals surface area contributed by atoms with Gasteiger partial charge in [-0.15, -0.1) is 0 Å². The van der Waals surface area contributed by atoms with Crippen LogP contribution in [0.15, 0.2) is 23.0 Å². The van der Waals surface area contributed by atoms with Crippen molar-refractivity contribution in [1.29, 1.82) is 0 Å². The molecule has 0 bridgehead atoms. The molecule has 118 valence electrons. The maximum absolute atomic E-state index is 12.6. The van der Waals surface area contributed by atoms with Crippen LogP contribution in [0.3, 0.4) is 0 Å². The Labute approximate surface area is 129 Å². The average molecular weight is 303 g/mol. The smallest absolute Gasteiger partial charge is 0.276 e. The predicted octanol–water partition coefficient (Wildman–Crippen LogP) is 1.24. The predicted molar refractivity (Wildman–Crippen MR) is 80.3 cm³/mol. The number of imidazole rings is 1. The van der Waals surface area contributed by atoms with E-state index >= 15 is 0 Å². The first kappa shape index (κ1) is 14.8. The molecule has 2 aromatic heterocycles. The highest BCUT2D eigenvalue weighted by Gasteiger charge is 2.33. The zero-order valence-corrected chi connectivity index (χ0v) is 13.2. The van der Waals surface area contributed by atoms with Crippen molar-refractivity contribution in [2.24, 2.45) is 7.05 Å². The molecule has 0 radical (unpaired) electrons. The molecule has 1 unspecified atom stereocenters. The summed E-state index contributed by atoms with van der Waals surface area (Å²) in [5.41, 5.74) is 0.376. The number of aromatic nitrogens is 3. The lowest BCUT2D eigenvalue weighted by atomic mass is 10.1. The Kier molecular flexibility index (Phi) is 3.98. The second-order valence-electron chi connectivity index (χ2n) is 5.61. The third kappa shape index (κ3) is 2.64. The number of piperazine rings is 1. The van der Waals surface area contributed by atoms with Gasteiger partial charge in [0.05, 0.1) is 6.04 Å². The van der Waals surface area contributed by atoms with Crippen LogP contribution in [0.4, 0.5) is 0 Å². The highest BCUT2D eigenvalue weighted by molar-refractivity contribution is 5.92. The van der Waals surface area contributed by atoms with E-state index < -0.39 is 0 Å². The van der Waals surface area contributed by atoms with Crippen molar-refractivity contribution >= 4 is 5.91 Å². The average Bonchev–Trinajstić information content (AvgIpc) is 3.14. The van der Waals surface area contributed by atoms with E-state index in [1.807, 2.05) is 22.7 Å². The molecule has 1 aliphatic rings. The molecule has 7 heteroatoms. The van der Waals surface area contributed by atoms with Gasteiger partial charge < -0.3 is 14.0 Å². The van der Waals surface area contributed by atoms with Crippen molar-refractivity contribution in [3.8, 4) is 0 Å². The first-order valence-electron chi connectivity index (χ1n) is 7.54. The fraction of sp³-hybridized carbons (Fsp3) is 0.533. The molecule has 0 spiro atoms. The van der Waals surface area contributed by atoms with Crippen molar-refractivity contribution in [2.45, 2.75) is 19.9 Å². The standard InChI is InChI=1S/C15H21N5O2/c1-4-19-7-8-20(15(21)12-9-11(2)22-17-12)10-13(19)14-16-5-6-18(14)3/h5-6,9,13H,4,7-8,10H2,1-3H3. The lowest BCUT2D eigenvalue weighted by molar-refractivity contribution is 0.0464. The van der Waals surface area contributed by atoms with Gasteiger partial charge in [-0.2, -0.15) is 0 Å². The van der Waals surface area contributed by atoms with Crippen LogP contribution in [0.25, 0.3) is 0 Å². The van der Waals surface area contributed by atoms with Gasteiger partial charge in [-0.3, -0.25) is 9.69 Å². The molecular formula is C15H21N5O2. The molecule has 0 N–H and O–H groups in total. The topological polar surface area (TPSA) is 67.4 Å². The zero-order valence-electron chi connectivity index (χ0n) is 13.2. The summed E-state index contributed by atoms with van der Waals surface area (Å²) in [4.78, 5) is 21.2. The molecule has 1 aliphatic heterocycles. The van der Waals surface area contributed by atoms with E-state index in [9.17, 15) is 4.79 Å². The van der Waals surface area contributed by atoms with Gasteiger partial charge in [0.25, 0.3) is 5.91 Å². The second kappa shape index (κ2) is 5.92. The minimum absolute atomic E-state index is 0.0770. The summed E-state index contributed by atoms with van der Waals surface area (Å²) in [5, 5.41) is 3.83. The quantitative estimate of drug-likeness (QED) is 0.853. The third-order valence-corrected chi connectivity index (χ3v) is 4.19. The van der Waals surface area contributed by atoms with Crippen LogP contribution < -0.4 is 0 Å². The van der Waals surface area contributed by atoms with Gasteiger partial charge in [-0.25, -0.2) is 4.98 Å². The molecule has 1 amide bonds. The van der Waals surface area contributed by atoms with Crippen molar-refractivity contribution in [2.75, 3.05) is 26.2 Å². The van der Waals surface area contributed by atoms with Crippen LogP contribution in [-0.4, -0.2) is 56.6 Å². The number of likely N-dealkylation sites (N-methyl/N-ethyl adjacent to an activating group) is 1. The van der Waals surface area contributed by atoms with Gasteiger partial charge in [-0.05, 0) is 13.5 Å². The molecule has 1 atom stereocenters. The monoisotopic (exact) mass is 303 g/mol. The Bertz CT molecular complexity index is 662. The lowest BCUT2D eigenvalue weighted by Gasteiger charge is -2.40. The number of carbonyl (C=O) groups excluding carboxylic acids is 1. The number of carbonyl (C=O) groups is 1. The van der Waals surface area contributed by atoms with Gasteiger partial charge in [0.2, 0.25) is 0 Å². The first-order valence-corrected chi connectivity index (χ1v) is 7.54. The van der Waals surface area contributed by atoms with E-state index in [-0.39, 0.29) is 11.9 Å². The van der Waals surface area contributed by atoms with Crippen molar-refractivity contribution in [3.63, 3.8) is 0 Å². The molecule has 1 fully saturated rings. The molecule has 3 rings (SSSR count). The van der Waals surface area contributed by atoms with Crippen LogP contribution in [0.5, 0.6) is 0 Å². The zero-order chi connectivity index (χ0) is 15.7.